The van der Waals surface area contributed by atoms with Gasteiger partial charge in [-0.05, 0) is 12.2 Å². The summed E-state index contributed by atoms with van der Waals surface area (Å²) in [5.41, 5.74) is 0. The van der Waals surface area contributed by atoms with Crippen LogP contribution in [0, 0.1) is 0 Å². The summed E-state index contributed by atoms with van der Waals surface area (Å²) in [6.45, 7) is 0. The van der Waals surface area contributed by atoms with Crippen LogP contribution in [0.25, 0.3) is 0 Å². The molecule has 1 saturated heterocycles. The van der Waals surface area contributed by atoms with Crippen LogP contribution in [-0.2, 0) is 9.47 Å². The van der Waals surface area contributed by atoms with Gasteiger partial charge in [-0.25, -0.2) is 0 Å². The molecule has 10 heavy (non-hydrogen) atoms. The molecule has 0 saturated carbocycles. The lowest BCUT2D eigenvalue weighted by Gasteiger charge is -2.14. The SMILES string of the molecule is COC1NC(=S)NC1OC. The highest BCUT2D eigenvalue weighted by Crippen LogP contribution is 2.01. The molecular formula is C5H10N2O2S. The largest absolute Gasteiger partial charge is 0.357 e. The highest BCUT2D eigenvalue weighted by atomic mass is 32.1. The van der Waals surface area contributed by atoms with Crippen LogP contribution in [-0.4, -0.2) is 31.8 Å². The highest BCUT2D eigenvalue weighted by molar-refractivity contribution is 7.80. The summed E-state index contributed by atoms with van der Waals surface area (Å²) >= 11 is 4.82. The van der Waals surface area contributed by atoms with Crippen molar-refractivity contribution in [1.82, 2.24) is 10.6 Å². The van der Waals surface area contributed by atoms with Crippen LogP contribution in [0.5, 0.6) is 0 Å². The van der Waals surface area contributed by atoms with Gasteiger partial charge in [0.15, 0.2) is 17.6 Å². The van der Waals surface area contributed by atoms with Crippen molar-refractivity contribution >= 4 is 17.3 Å². The standard InChI is InChI=1S/C5H10N2O2S/c1-8-3-4(9-2)7-5(10)6-3/h3-4H,1-2H3,(H2,6,7,10). The Morgan fingerprint density at radius 1 is 1.20 bits per heavy atom. The molecule has 0 radical (unpaired) electrons. The van der Waals surface area contributed by atoms with Crippen molar-refractivity contribution in [2.75, 3.05) is 14.2 Å². The van der Waals surface area contributed by atoms with Crippen LogP contribution >= 0.6 is 12.2 Å². The topological polar surface area (TPSA) is 42.5 Å². The molecule has 2 N–H and O–H groups in total. The van der Waals surface area contributed by atoms with Gasteiger partial charge in [0.25, 0.3) is 0 Å². The van der Waals surface area contributed by atoms with Crippen molar-refractivity contribution in [2.24, 2.45) is 0 Å². The quantitative estimate of drug-likeness (QED) is 0.531. The van der Waals surface area contributed by atoms with Gasteiger partial charge < -0.3 is 20.1 Å². The van der Waals surface area contributed by atoms with Gasteiger partial charge in [-0.1, -0.05) is 0 Å². The van der Waals surface area contributed by atoms with E-state index in [0.717, 1.165) is 0 Å². The van der Waals surface area contributed by atoms with Crippen molar-refractivity contribution in [3.8, 4) is 0 Å². The fraction of sp³-hybridized carbons (Fsp3) is 0.800. The van der Waals surface area contributed by atoms with E-state index in [1.54, 1.807) is 14.2 Å². The highest BCUT2D eigenvalue weighted by Gasteiger charge is 2.28. The first-order valence-electron chi connectivity index (χ1n) is 2.90. The smallest absolute Gasteiger partial charge is 0.174 e. The van der Waals surface area contributed by atoms with Gasteiger partial charge in [-0.15, -0.1) is 0 Å². The van der Waals surface area contributed by atoms with E-state index in [-0.39, 0.29) is 12.5 Å². The number of hydrogen-bond donors (Lipinski definition) is 2. The summed E-state index contributed by atoms with van der Waals surface area (Å²) in [7, 11) is 3.19. The normalized spacial score (nSPS) is 31.6. The van der Waals surface area contributed by atoms with Crippen LogP contribution < -0.4 is 10.6 Å². The molecule has 1 rings (SSSR count). The maximum absolute atomic E-state index is 5.00. The molecule has 0 amide bonds. The van der Waals surface area contributed by atoms with Crippen LogP contribution in [0.15, 0.2) is 0 Å². The number of thiocarbonyl (C=S) groups is 1. The molecule has 58 valence electrons. The predicted molar refractivity (Wildman–Crippen MR) is 40.5 cm³/mol. The van der Waals surface area contributed by atoms with Crippen LogP contribution in [0.3, 0.4) is 0 Å². The van der Waals surface area contributed by atoms with Gasteiger partial charge in [-0.3, -0.25) is 0 Å². The summed E-state index contributed by atoms with van der Waals surface area (Å²) in [4.78, 5) is 0. The second-order valence-electron chi connectivity index (χ2n) is 1.93. The molecule has 0 aliphatic carbocycles. The second-order valence-corrected chi connectivity index (χ2v) is 2.34. The van der Waals surface area contributed by atoms with Crippen LogP contribution in [0.2, 0.25) is 0 Å². The van der Waals surface area contributed by atoms with Crippen molar-refractivity contribution in [1.29, 1.82) is 0 Å². The van der Waals surface area contributed by atoms with Gasteiger partial charge in [0.1, 0.15) is 0 Å². The summed E-state index contributed by atoms with van der Waals surface area (Å²) in [5.74, 6) is 0. The minimum atomic E-state index is -0.169. The average molecular weight is 162 g/mol. The van der Waals surface area contributed by atoms with Gasteiger partial charge in [-0.2, -0.15) is 0 Å². The van der Waals surface area contributed by atoms with Crippen LogP contribution in [0.4, 0.5) is 0 Å². The lowest BCUT2D eigenvalue weighted by molar-refractivity contribution is -0.0343. The number of rotatable bonds is 2. The van der Waals surface area contributed by atoms with Gasteiger partial charge >= 0.3 is 0 Å². The van der Waals surface area contributed by atoms with E-state index in [4.69, 9.17) is 21.7 Å². The Bertz CT molecular complexity index is 128. The minimum Gasteiger partial charge on any atom is -0.357 e. The zero-order chi connectivity index (χ0) is 7.56. The first kappa shape index (κ1) is 7.71. The third-order valence-electron chi connectivity index (χ3n) is 1.33. The van der Waals surface area contributed by atoms with Crippen molar-refractivity contribution < 1.29 is 9.47 Å². The van der Waals surface area contributed by atoms with E-state index < -0.39 is 0 Å². The fourth-order valence-electron chi connectivity index (χ4n) is 0.816. The molecule has 0 spiro atoms. The lowest BCUT2D eigenvalue weighted by atomic mass is 10.5. The number of ether oxygens (including phenoxy) is 2. The first-order chi connectivity index (χ1) is 4.77. The van der Waals surface area contributed by atoms with E-state index in [0.29, 0.717) is 5.11 Å². The maximum atomic E-state index is 5.00. The van der Waals surface area contributed by atoms with Gasteiger partial charge in [0.05, 0.1) is 0 Å². The fourth-order valence-corrected chi connectivity index (χ4v) is 1.05. The van der Waals surface area contributed by atoms with E-state index in [1.165, 1.54) is 0 Å². The molecule has 1 aliphatic heterocycles. The van der Waals surface area contributed by atoms with E-state index in [9.17, 15) is 0 Å². The minimum absolute atomic E-state index is 0.169. The monoisotopic (exact) mass is 162 g/mol. The Kier molecular flexibility index (Phi) is 2.42. The third-order valence-corrected chi connectivity index (χ3v) is 1.57. The zero-order valence-electron chi connectivity index (χ0n) is 5.88. The van der Waals surface area contributed by atoms with Gasteiger partial charge in [0.2, 0.25) is 0 Å². The summed E-state index contributed by atoms with van der Waals surface area (Å²) in [5, 5.41) is 6.32. The van der Waals surface area contributed by atoms with Crippen LogP contribution in [0.1, 0.15) is 0 Å². The van der Waals surface area contributed by atoms with Gasteiger partial charge in [0, 0.05) is 14.2 Å². The first-order valence-corrected chi connectivity index (χ1v) is 3.31. The zero-order valence-corrected chi connectivity index (χ0v) is 6.70. The van der Waals surface area contributed by atoms with E-state index in [1.807, 2.05) is 0 Å². The summed E-state index contributed by atoms with van der Waals surface area (Å²) < 4.78 is 10.00. The molecule has 0 aromatic heterocycles. The Labute approximate surface area is 64.9 Å². The molecule has 2 unspecified atom stereocenters. The summed E-state index contributed by atoms with van der Waals surface area (Å²) in [6, 6.07) is 0. The van der Waals surface area contributed by atoms with Crippen molar-refractivity contribution in [2.45, 2.75) is 12.5 Å². The molecule has 1 fully saturated rings. The molecule has 5 heteroatoms. The Morgan fingerprint density at radius 2 is 1.60 bits per heavy atom. The van der Waals surface area contributed by atoms with Crippen molar-refractivity contribution in [3.05, 3.63) is 0 Å². The Morgan fingerprint density at radius 3 is 1.90 bits per heavy atom. The van der Waals surface area contributed by atoms with E-state index in [2.05, 4.69) is 10.6 Å². The average Bonchev–Trinajstić information content (AvgIpc) is 2.30. The molecular weight excluding hydrogens is 152 g/mol. The number of hydrogen-bond acceptors (Lipinski definition) is 3. The third kappa shape index (κ3) is 1.36. The maximum Gasteiger partial charge on any atom is 0.174 e. The molecule has 4 nitrogen and oxygen atoms in total. The molecule has 0 bridgehead atoms. The molecule has 1 heterocycles. The molecule has 0 aromatic rings. The van der Waals surface area contributed by atoms with Crippen molar-refractivity contribution in [3.63, 3.8) is 0 Å². The molecule has 1 aliphatic rings. The Balaban J connectivity index is 2.48. The van der Waals surface area contributed by atoms with E-state index >= 15 is 0 Å². The predicted octanol–water partition coefficient (Wildman–Crippen LogP) is -0.591. The molecule has 2 atom stereocenters. The molecule has 0 aromatic carbocycles. The number of methoxy groups -OCH3 is 2. The second kappa shape index (κ2) is 3.14. The number of nitrogens with one attached hydrogen (secondary N) is 2. The lowest BCUT2D eigenvalue weighted by Crippen LogP contribution is -2.36. The Hall–Kier alpha value is -0.390. The summed E-state index contributed by atoms with van der Waals surface area (Å²) in [6.07, 6.45) is -0.338.